The molecule has 0 N–H and O–H groups in total. The van der Waals surface area contributed by atoms with Crippen LogP contribution in [0.4, 0.5) is 13.2 Å². The lowest BCUT2D eigenvalue weighted by molar-refractivity contribution is -0.0128. The Morgan fingerprint density at radius 2 is 1.87 bits per heavy atom. The van der Waals surface area contributed by atoms with Gasteiger partial charge in [0.1, 0.15) is 5.82 Å². The van der Waals surface area contributed by atoms with Crippen molar-refractivity contribution in [3.8, 4) is 0 Å². The van der Waals surface area contributed by atoms with Gasteiger partial charge >= 0.3 is 0 Å². The Balaban J connectivity index is 1.76. The van der Waals surface area contributed by atoms with Crippen LogP contribution in [0.5, 0.6) is 0 Å². The van der Waals surface area contributed by atoms with E-state index in [0.717, 1.165) is 0 Å². The van der Waals surface area contributed by atoms with Gasteiger partial charge in [0.25, 0.3) is 5.92 Å². The second-order valence-corrected chi connectivity index (χ2v) is 6.89. The van der Waals surface area contributed by atoms with E-state index >= 15 is 0 Å². The van der Waals surface area contributed by atoms with Crippen LogP contribution in [-0.4, -0.2) is 5.92 Å². The lowest BCUT2D eigenvalue weighted by Crippen LogP contribution is -2.11. The normalized spacial score (nSPS) is 20.3. The zero-order valence-electron chi connectivity index (χ0n) is 11.9. The molecule has 1 fully saturated rings. The summed E-state index contributed by atoms with van der Waals surface area (Å²) in [5, 5.41) is 0.539. The van der Waals surface area contributed by atoms with Crippen LogP contribution in [0.25, 0.3) is 0 Å². The minimum absolute atomic E-state index is 0.124. The molecule has 0 amide bonds. The summed E-state index contributed by atoms with van der Waals surface area (Å²) in [5.41, 5.74) is 1.37. The van der Waals surface area contributed by atoms with Crippen LogP contribution in [0, 0.1) is 11.7 Å². The van der Waals surface area contributed by atoms with Crippen molar-refractivity contribution in [1.29, 1.82) is 0 Å². The molecule has 0 spiro atoms. The first-order valence-electron chi connectivity index (χ1n) is 7.05. The minimum Gasteiger partial charge on any atom is -0.368 e. The third-order valence-electron chi connectivity index (χ3n) is 3.85. The van der Waals surface area contributed by atoms with E-state index in [1.165, 1.54) is 6.07 Å². The molecule has 122 valence electrons. The highest BCUT2D eigenvalue weighted by atomic mass is 79.9. The van der Waals surface area contributed by atoms with Crippen molar-refractivity contribution >= 4 is 27.5 Å². The second kappa shape index (κ2) is 6.46. The highest BCUT2D eigenvalue weighted by Crippen LogP contribution is 2.56. The van der Waals surface area contributed by atoms with Crippen molar-refractivity contribution in [2.45, 2.75) is 25.1 Å². The standard InChI is InChI=1S/C17H13BrClF3O/c18-14-7-10(1-6-15(14)20)9-23-16(13-8-17(13,21)22)11-2-4-12(19)5-3-11/h1-7,13,16H,8-9H2. The van der Waals surface area contributed by atoms with Gasteiger partial charge < -0.3 is 4.74 Å². The van der Waals surface area contributed by atoms with E-state index in [1.807, 2.05) is 0 Å². The first-order chi connectivity index (χ1) is 10.9. The van der Waals surface area contributed by atoms with E-state index in [1.54, 1.807) is 36.4 Å². The maximum absolute atomic E-state index is 13.5. The molecule has 1 nitrogen and oxygen atoms in total. The molecular formula is C17H13BrClF3O. The molecule has 0 aliphatic heterocycles. The number of hydrogen-bond donors (Lipinski definition) is 0. The van der Waals surface area contributed by atoms with Crippen molar-refractivity contribution in [2.75, 3.05) is 0 Å². The maximum atomic E-state index is 13.5. The highest BCUT2D eigenvalue weighted by Gasteiger charge is 2.61. The lowest BCUT2D eigenvalue weighted by Gasteiger charge is -2.18. The smallest absolute Gasteiger partial charge is 0.254 e. The molecule has 1 saturated carbocycles. The molecule has 1 aliphatic carbocycles. The molecule has 3 rings (SSSR count). The minimum atomic E-state index is -2.70. The zero-order valence-corrected chi connectivity index (χ0v) is 14.3. The van der Waals surface area contributed by atoms with Crippen molar-refractivity contribution in [3.63, 3.8) is 0 Å². The number of halogens is 5. The molecule has 1 aliphatic rings. The van der Waals surface area contributed by atoms with Gasteiger partial charge in [-0.05, 0) is 51.3 Å². The molecule has 0 radical (unpaired) electrons. The average molecular weight is 406 g/mol. The van der Waals surface area contributed by atoms with Gasteiger partial charge in [-0.25, -0.2) is 13.2 Å². The van der Waals surface area contributed by atoms with Crippen LogP contribution in [0.2, 0.25) is 5.02 Å². The number of rotatable bonds is 5. The van der Waals surface area contributed by atoms with Crippen LogP contribution in [0.15, 0.2) is 46.9 Å². The third kappa shape index (κ3) is 3.90. The number of ether oxygens (including phenoxy) is 1. The second-order valence-electron chi connectivity index (χ2n) is 5.60. The Hall–Kier alpha value is -1.04. The number of benzene rings is 2. The number of hydrogen-bond acceptors (Lipinski definition) is 1. The SMILES string of the molecule is Fc1ccc(COC(c2ccc(Cl)cc2)C2CC2(F)F)cc1Br. The molecule has 2 aromatic carbocycles. The van der Waals surface area contributed by atoms with Gasteiger partial charge in [-0.15, -0.1) is 0 Å². The predicted molar refractivity (Wildman–Crippen MR) is 86.1 cm³/mol. The van der Waals surface area contributed by atoms with E-state index in [9.17, 15) is 13.2 Å². The van der Waals surface area contributed by atoms with Gasteiger partial charge in [0.2, 0.25) is 0 Å². The van der Waals surface area contributed by atoms with Crippen molar-refractivity contribution in [3.05, 3.63) is 68.9 Å². The summed E-state index contributed by atoms with van der Waals surface area (Å²) in [6, 6.07) is 11.2. The monoisotopic (exact) mass is 404 g/mol. The van der Waals surface area contributed by atoms with E-state index in [0.29, 0.717) is 20.6 Å². The third-order valence-corrected chi connectivity index (χ3v) is 4.71. The molecule has 2 unspecified atom stereocenters. The Morgan fingerprint density at radius 1 is 1.22 bits per heavy atom. The first-order valence-corrected chi connectivity index (χ1v) is 8.23. The topological polar surface area (TPSA) is 9.23 Å². The summed E-state index contributed by atoms with van der Waals surface area (Å²) in [4.78, 5) is 0. The summed E-state index contributed by atoms with van der Waals surface area (Å²) >= 11 is 8.94. The van der Waals surface area contributed by atoms with E-state index in [4.69, 9.17) is 16.3 Å². The van der Waals surface area contributed by atoms with Gasteiger partial charge in [0.05, 0.1) is 23.1 Å². The van der Waals surface area contributed by atoms with Crippen molar-refractivity contribution in [1.82, 2.24) is 0 Å². The Morgan fingerprint density at radius 3 is 2.43 bits per heavy atom. The van der Waals surface area contributed by atoms with Crippen LogP contribution in [0.1, 0.15) is 23.7 Å². The summed E-state index contributed by atoms with van der Waals surface area (Å²) < 4.78 is 46.3. The van der Waals surface area contributed by atoms with Crippen molar-refractivity contribution < 1.29 is 17.9 Å². The molecule has 0 heterocycles. The van der Waals surface area contributed by atoms with Gasteiger partial charge in [0.15, 0.2) is 0 Å². The Labute approximate surface area is 145 Å². The molecule has 0 saturated heterocycles. The molecular weight excluding hydrogens is 393 g/mol. The Kier molecular flexibility index (Phi) is 4.72. The summed E-state index contributed by atoms with van der Waals surface area (Å²) in [7, 11) is 0. The molecule has 2 atom stereocenters. The van der Waals surface area contributed by atoms with Crippen LogP contribution in [-0.2, 0) is 11.3 Å². The quantitative estimate of drug-likeness (QED) is 0.579. The average Bonchev–Trinajstić information content (AvgIpc) is 3.13. The van der Waals surface area contributed by atoms with Crippen LogP contribution >= 0.6 is 27.5 Å². The van der Waals surface area contributed by atoms with E-state index in [2.05, 4.69) is 15.9 Å². The Bertz CT molecular complexity index is 705. The predicted octanol–water partition coefficient (Wildman–Crippen LogP) is 6.15. The molecule has 23 heavy (non-hydrogen) atoms. The highest BCUT2D eigenvalue weighted by molar-refractivity contribution is 9.10. The summed E-state index contributed by atoms with van der Waals surface area (Å²) in [6.45, 7) is 0.124. The lowest BCUT2D eigenvalue weighted by atomic mass is 10.0. The fourth-order valence-electron chi connectivity index (χ4n) is 2.48. The van der Waals surface area contributed by atoms with Gasteiger partial charge in [-0.3, -0.25) is 0 Å². The molecule has 0 bridgehead atoms. The first kappa shape index (κ1) is 16.8. The van der Waals surface area contributed by atoms with E-state index < -0.39 is 17.9 Å². The van der Waals surface area contributed by atoms with Gasteiger partial charge in [-0.1, -0.05) is 29.8 Å². The largest absolute Gasteiger partial charge is 0.368 e. The van der Waals surface area contributed by atoms with Gasteiger partial charge in [0, 0.05) is 11.4 Å². The van der Waals surface area contributed by atoms with Crippen LogP contribution in [0.3, 0.4) is 0 Å². The summed E-state index contributed by atoms with van der Waals surface area (Å²) in [6.07, 6.45) is -0.904. The molecule has 2 aromatic rings. The van der Waals surface area contributed by atoms with E-state index in [-0.39, 0.29) is 18.8 Å². The van der Waals surface area contributed by atoms with Gasteiger partial charge in [-0.2, -0.15) is 0 Å². The zero-order chi connectivity index (χ0) is 16.6. The fraction of sp³-hybridized carbons (Fsp3) is 0.294. The fourth-order valence-corrected chi connectivity index (χ4v) is 3.03. The van der Waals surface area contributed by atoms with Crippen LogP contribution < -0.4 is 0 Å². The molecule has 6 heteroatoms. The molecule has 0 aromatic heterocycles. The van der Waals surface area contributed by atoms with Crippen molar-refractivity contribution in [2.24, 2.45) is 5.92 Å². The number of alkyl halides is 2. The summed E-state index contributed by atoms with van der Waals surface area (Å²) in [5.74, 6) is -3.92. The maximum Gasteiger partial charge on any atom is 0.254 e.